The van der Waals surface area contributed by atoms with Crippen LogP contribution in [0, 0.1) is 0 Å². The van der Waals surface area contributed by atoms with Crippen molar-refractivity contribution in [2.45, 2.75) is 6.54 Å². The van der Waals surface area contributed by atoms with Crippen molar-refractivity contribution in [3.63, 3.8) is 0 Å². The molecular formula is C16H19N5O2. The van der Waals surface area contributed by atoms with Crippen LogP contribution in [0.4, 0.5) is 10.5 Å². The van der Waals surface area contributed by atoms with Gasteiger partial charge in [-0.2, -0.15) is 5.10 Å². The van der Waals surface area contributed by atoms with Crippen molar-refractivity contribution in [2.24, 2.45) is 7.05 Å². The number of piperazine rings is 1. The summed E-state index contributed by atoms with van der Waals surface area (Å²) in [5.41, 5.74) is 1.79. The van der Waals surface area contributed by atoms with E-state index in [2.05, 4.69) is 10.4 Å². The van der Waals surface area contributed by atoms with Crippen molar-refractivity contribution in [3.8, 4) is 0 Å². The number of hydrogen-bond donors (Lipinski definition) is 1. The van der Waals surface area contributed by atoms with E-state index in [-0.39, 0.29) is 18.5 Å². The standard InChI is InChI=1S/C16H19N5O2/c1-19-11-14(10-18-19)21-8-7-20(12-15(21)22)16(23)17-9-13-5-3-2-4-6-13/h2-6,10-11H,7-9,12H2,1H3,(H,17,23). The van der Waals surface area contributed by atoms with Gasteiger partial charge < -0.3 is 15.1 Å². The lowest BCUT2D eigenvalue weighted by Crippen LogP contribution is -2.54. The van der Waals surface area contributed by atoms with Gasteiger partial charge >= 0.3 is 6.03 Å². The van der Waals surface area contributed by atoms with Gasteiger partial charge in [0.25, 0.3) is 0 Å². The Balaban J connectivity index is 1.55. The normalized spacial score (nSPS) is 14.9. The number of nitrogens with zero attached hydrogens (tertiary/aromatic N) is 4. The van der Waals surface area contributed by atoms with E-state index in [1.807, 2.05) is 30.3 Å². The van der Waals surface area contributed by atoms with E-state index >= 15 is 0 Å². The highest BCUT2D eigenvalue weighted by atomic mass is 16.2. The second-order valence-electron chi connectivity index (χ2n) is 5.48. The lowest BCUT2D eigenvalue weighted by Gasteiger charge is -2.33. The Kier molecular flexibility index (Phi) is 4.27. The van der Waals surface area contributed by atoms with Crippen molar-refractivity contribution in [2.75, 3.05) is 24.5 Å². The Morgan fingerprint density at radius 3 is 2.70 bits per heavy atom. The minimum absolute atomic E-state index is 0.0789. The highest BCUT2D eigenvalue weighted by Gasteiger charge is 2.28. The zero-order chi connectivity index (χ0) is 16.2. The average Bonchev–Trinajstić information content (AvgIpc) is 2.99. The monoisotopic (exact) mass is 313 g/mol. The third-order valence-electron chi connectivity index (χ3n) is 3.80. The van der Waals surface area contributed by atoms with Crippen LogP contribution in [-0.4, -0.2) is 46.3 Å². The lowest BCUT2D eigenvalue weighted by atomic mass is 10.2. The second-order valence-corrected chi connectivity index (χ2v) is 5.48. The summed E-state index contributed by atoms with van der Waals surface area (Å²) in [5.74, 6) is -0.0980. The first-order chi connectivity index (χ1) is 11.1. The van der Waals surface area contributed by atoms with Crippen LogP contribution in [-0.2, 0) is 18.4 Å². The summed E-state index contributed by atoms with van der Waals surface area (Å²) in [7, 11) is 1.81. The molecule has 3 amide bonds. The molecule has 1 fully saturated rings. The Hall–Kier alpha value is -2.83. The summed E-state index contributed by atoms with van der Waals surface area (Å²) in [5, 5.41) is 6.92. The highest BCUT2D eigenvalue weighted by molar-refractivity contribution is 5.97. The van der Waals surface area contributed by atoms with Gasteiger partial charge in [0.05, 0.1) is 11.9 Å². The Bertz CT molecular complexity index is 698. The minimum Gasteiger partial charge on any atom is -0.334 e. The first-order valence-electron chi connectivity index (χ1n) is 7.49. The van der Waals surface area contributed by atoms with E-state index in [4.69, 9.17) is 0 Å². The van der Waals surface area contributed by atoms with E-state index < -0.39 is 0 Å². The van der Waals surface area contributed by atoms with Crippen molar-refractivity contribution >= 4 is 17.6 Å². The predicted molar refractivity (Wildman–Crippen MR) is 85.8 cm³/mol. The molecule has 1 aromatic carbocycles. The maximum atomic E-state index is 12.3. The Morgan fingerprint density at radius 1 is 1.26 bits per heavy atom. The SMILES string of the molecule is Cn1cc(N2CCN(C(=O)NCc3ccccc3)CC2=O)cn1. The van der Waals surface area contributed by atoms with Gasteiger partial charge in [-0.25, -0.2) is 4.79 Å². The molecule has 0 bridgehead atoms. The lowest BCUT2D eigenvalue weighted by molar-refractivity contribution is -0.120. The van der Waals surface area contributed by atoms with Gasteiger partial charge in [0, 0.05) is 32.9 Å². The molecule has 1 N–H and O–H groups in total. The van der Waals surface area contributed by atoms with Gasteiger partial charge in [-0.05, 0) is 5.56 Å². The van der Waals surface area contributed by atoms with Gasteiger partial charge in [0.1, 0.15) is 6.54 Å². The van der Waals surface area contributed by atoms with Crippen molar-refractivity contribution in [1.29, 1.82) is 0 Å². The molecule has 2 aromatic rings. The molecule has 0 spiro atoms. The predicted octanol–water partition coefficient (Wildman–Crippen LogP) is 0.978. The van der Waals surface area contributed by atoms with Crippen molar-refractivity contribution < 1.29 is 9.59 Å². The Morgan fingerprint density at radius 2 is 2.04 bits per heavy atom. The average molecular weight is 313 g/mol. The molecule has 1 aliphatic rings. The topological polar surface area (TPSA) is 70.5 Å². The maximum Gasteiger partial charge on any atom is 0.318 e. The summed E-state index contributed by atoms with van der Waals surface area (Å²) in [6.07, 6.45) is 3.45. The minimum atomic E-state index is -0.215. The molecule has 3 rings (SSSR count). The number of amides is 3. The van der Waals surface area contributed by atoms with Crippen molar-refractivity contribution in [3.05, 3.63) is 48.3 Å². The third kappa shape index (κ3) is 3.50. The number of rotatable bonds is 3. The van der Waals surface area contributed by atoms with E-state index in [1.54, 1.807) is 29.0 Å². The van der Waals surface area contributed by atoms with Crippen LogP contribution in [0.5, 0.6) is 0 Å². The number of carbonyl (C=O) groups excluding carboxylic acids is 2. The summed E-state index contributed by atoms with van der Waals surface area (Å²) >= 11 is 0. The molecule has 2 heterocycles. The molecule has 1 aromatic heterocycles. The van der Waals surface area contributed by atoms with Crippen LogP contribution in [0.15, 0.2) is 42.7 Å². The van der Waals surface area contributed by atoms with Crippen LogP contribution >= 0.6 is 0 Å². The smallest absolute Gasteiger partial charge is 0.318 e. The fourth-order valence-corrected chi connectivity index (χ4v) is 2.55. The summed E-state index contributed by atoms with van der Waals surface area (Å²) in [6, 6.07) is 9.47. The first-order valence-corrected chi connectivity index (χ1v) is 7.49. The second kappa shape index (κ2) is 6.51. The molecule has 0 unspecified atom stereocenters. The zero-order valence-electron chi connectivity index (χ0n) is 13.0. The molecule has 23 heavy (non-hydrogen) atoms. The van der Waals surface area contributed by atoms with Crippen LogP contribution in [0.2, 0.25) is 0 Å². The molecule has 120 valence electrons. The number of benzene rings is 1. The number of aromatic nitrogens is 2. The molecule has 1 aliphatic heterocycles. The molecule has 0 saturated carbocycles. The zero-order valence-corrected chi connectivity index (χ0v) is 13.0. The molecule has 1 saturated heterocycles. The molecular weight excluding hydrogens is 294 g/mol. The summed E-state index contributed by atoms with van der Waals surface area (Å²) in [4.78, 5) is 27.7. The Labute approximate surface area is 134 Å². The number of hydrogen-bond acceptors (Lipinski definition) is 3. The van der Waals surface area contributed by atoms with Gasteiger partial charge in [-0.1, -0.05) is 30.3 Å². The fourth-order valence-electron chi connectivity index (χ4n) is 2.55. The van der Waals surface area contributed by atoms with Crippen molar-refractivity contribution in [1.82, 2.24) is 20.0 Å². The fraction of sp³-hybridized carbons (Fsp3) is 0.312. The summed E-state index contributed by atoms with van der Waals surface area (Å²) < 4.78 is 1.65. The van der Waals surface area contributed by atoms with Gasteiger partial charge in [-0.15, -0.1) is 0 Å². The van der Waals surface area contributed by atoms with E-state index in [1.165, 1.54) is 4.90 Å². The highest BCUT2D eigenvalue weighted by Crippen LogP contribution is 2.16. The molecule has 0 atom stereocenters. The largest absolute Gasteiger partial charge is 0.334 e. The number of carbonyl (C=O) groups is 2. The molecule has 0 radical (unpaired) electrons. The molecule has 7 heteroatoms. The van der Waals surface area contributed by atoms with Gasteiger partial charge in [-0.3, -0.25) is 9.48 Å². The quantitative estimate of drug-likeness (QED) is 0.918. The number of anilines is 1. The van der Waals surface area contributed by atoms with Crippen LogP contribution in [0.3, 0.4) is 0 Å². The first kappa shape index (κ1) is 15.1. The van der Waals surface area contributed by atoms with E-state index in [0.29, 0.717) is 19.6 Å². The molecule has 7 nitrogen and oxygen atoms in total. The van der Waals surface area contributed by atoms with Gasteiger partial charge in [0.15, 0.2) is 0 Å². The number of nitrogens with one attached hydrogen (secondary N) is 1. The maximum absolute atomic E-state index is 12.3. The van der Waals surface area contributed by atoms with Crippen LogP contribution in [0.1, 0.15) is 5.56 Å². The number of urea groups is 1. The number of aryl methyl sites for hydroxylation is 1. The summed E-state index contributed by atoms with van der Waals surface area (Å²) in [6.45, 7) is 1.51. The van der Waals surface area contributed by atoms with Crippen LogP contribution in [0.25, 0.3) is 0 Å². The van der Waals surface area contributed by atoms with Crippen LogP contribution < -0.4 is 10.2 Å². The van der Waals surface area contributed by atoms with E-state index in [0.717, 1.165) is 11.3 Å². The third-order valence-corrected chi connectivity index (χ3v) is 3.80. The molecule has 0 aliphatic carbocycles. The van der Waals surface area contributed by atoms with Gasteiger partial charge in [0.2, 0.25) is 5.91 Å². The van der Waals surface area contributed by atoms with E-state index in [9.17, 15) is 9.59 Å².